The van der Waals surface area contributed by atoms with Gasteiger partial charge >= 0.3 is 6.18 Å². The Kier molecular flexibility index (Phi) is 5.17. The molecule has 2 aromatic rings. The summed E-state index contributed by atoms with van der Waals surface area (Å²) in [6.07, 6.45) is -4.35. The molecule has 1 aliphatic rings. The Morgan fingerprint density at radius 1 is 1.04 bits per heavy atom. The lowest BCUT2D eigenvalue weighted by atomic mass is 10.2. The highest BCUT2D eigenvalue weighted by Gasteiger charge is 2.30. The number of aromatic nitrogens is 1. The highest BCUT2D eigenvalue weighted by molar-refractivity contribution is 7.80. The number of H-pyrrole nitrogens is 1. The second-order valence-corrected chi connectivity index (χ2v) is 6.27. The topological polar surface area (TPSA) is 51.4 Å². The van der Waals surface area contributed by atoms with Gasteiger partial charge in [-0.25, -0.2) is 0 Å². The number of pyridine rings is 1. The molecule has 0 aliphatic carbocycles. The molecular weight excluding hydrogens is 365 g/mol. The molecule has 5 nitrogen and oxygen atoms in total. The standard InChI is InChI=1S/C17H17F3N4OS/c18-17(19,20)12-4-6-13(7-5-12)21-16(26)24-10-8-23(9-11-24)14-2-1-3-15(25)22-14/h1-7H,8-11H2,(H,21,26)(H,22,25). The maximum absolute atomic E-state index is 12.6. The molecule has 0 saturated carbocycles. The first kappa shape index (κ1) is 18.2. The fraction of sp³-hybridized carbons (Fsp3) is 0.294. The molecule has 0 unspecified atom stereocenters. The smallest absolute Gasteiger partial charge is 0.355 e. The molecule has 3 rings (SSSR count). The second-order valence-electron chi connectivity index (χ2n) is 5.88. The molecule has 1 aromatic carbocycles. The van der Waals surface area contributed by atoms with E-state index >= 15 is 0 Å². The maximum Gasteiger partial charge on any atom is 0.416 e. The summed E-state index contributed by atoms with van der Waals surface area (Å²) in [6.45, 7) is 2.64. The third kappa shape index (κ3) is 4.34. The molecule has 1 fully saturated rings. The van der Waals surface area contributed by atoms with Crippen molar-refractivity contribution in [2.45, 2.75) is 6.18 Å². The van der Waals surface area contributed by atoms with Crippen molar-refractivity contribution in [2.75, 3.05) is 36.4 Å². The summed E-state index contributed by atoms with van der Waals surface area (Å²) in [5.41, 5.74) is -0.332. The number of piperazine rings is 1. The van der Waals surface area contributed by atoms with Gasteiger partial charge in [-0.1, -0.05) is 6.07 Å². The van der Waals surface area contributed by atoms with Crippen LogP contribution in [0.25, 0.3) is 0 Å². The van der Waals surface area contributed by atoms with E-state index in [-0.39, 0.29) is 5.56 Å². The number of alkyl halides is 3. The van der Waals surface area contributed by atoms with E-state index < -0.39 is 11.7 Å². The van der Waals surface area contributed by atoms with Crippen LogP contribution in [0, 0.1) is 0 Å². The summed E-state index contributed by atoms with van der Waals surface area (Å²) in [6, 6.07) is 9.78. The van der Waals surface area contributed by atoms with E-state index in [4.69, 9.17) is 12.2 Å². The lowest BCUT2D eigenvalue weighted by Gasteiger charge is -2.37. The molecule has 0 amide bonds. The van der Waals surface area contributed by atoms with Crippen LogP contribution in [0.4, 0.5) is 24.7 Å². The molecule has 26 heavy (non-hydrogen) atoms. The fourth-order valence-electron chi connectivity index (χ4n) is 2.72. The van der Waals surface area contributed by atoms with Crippen LogP contribution in [-0.4, -0.2) is 41.2 Å². The quantitative estimate of drug-likeness (QED) is 0.783. The Hall–Kier alpha value is -2.55. The first-order valence-electron chi connectivity index (χ1n) is 8.00. The minimum absolute atomic E-state index is 0.149. The predicted octanol–water partition coefficient (Wildman–Crippen LogP) is 2.91. The number of benzene rings is 1. The van der Waals surface area contributed by atoms with Crippen LogP contribution in [0.2, 0.25) is 0 Å². The van der Waals surface area contributed by atoms with Gasteiger partial charge in [0.25, 0.3) is 0 Å². The molecule has 1 aromatic heterocycles. The first-order chi connectivity index (χ1) is 12.3. The summed E-state index contributed by atoms with van der Waals surface area (Å²) in [5, 5.41) is 3.43. The highest BCUT2D eigenvalue weighted by Crippen LogP contribution is 2.29. The van der Waals surface area contributed by atoms with Crippen molar-refractivity contribution in [1.82, 2.24) is 9.88 Å². The van der Waals surface area contributed by atoms with Gasteiger partial charge in [-0.3, -0.25) is 4.79 Å². The number of aromatic amines is 1. The number of rotatable bonds is 2. The molecule has 2 heterocycles. The van der Waals surface area contributed by atoms with E-state index in [9.17, 15) is 18.0 Å². The summed E-state index contributed by atoms with van der Waals surface area (Å²) < 4.78 is 37.8. The molecular formula is C17H17F3N4OS. The lowest BCUT2D eigenvalue weighted by molar-refractivity contribution is -0.137. The molecule has 0 bridgehead atoms. The minimum atomic E-state index is -4.35. The number of nitrogens with one attached hydrogen (secondary N) is 2. The Morgan fingerprint density at radius 3 is 2.27 bits per heavy atom. The largest absolute Gasteiger partial charge is 0.416 e. The zero-order valence-electron chi connectivity index (χ0n) is 13.7. The summed E-state index contributed by atoms with van der Waals surface area (Å²) >= 11 is 5.35. The number of thiocarbonyl (C=S) groups is 1. The van der Waals surface area contributed by atoms with Gasteiger partial charge in [0.2, 0.25) is 5.56 Å². The third-order valence-corrected chi connectivity index (χ3v) is 4.48. The summed E-state index contributed by atoms with van der Waals surface area (Å²) in [5.74, 6) is 0.763. The predicted molar refractivity (Wildman–Crippen MR) is 98.5 cm³/mol. The van der Waals surface area contributed by atoms with E-state index in [1.165, 1.54) is 18.2 Å². The maximum atomic E-state index is 12.6. The van der Waals surface area contributed by atoms with Crippen molar-refractivity contribution >= 4 is 28.8 Å². The molecule has 1 aliphatic heterocycles. The monoisotopic (exact) mass is 382 g/mol. The SMILES string of the molecule is O=c1cccc(N2CCN(C(=S)Nc3ccc(C(F)(F)F)cc3)CC2)[nH]1. The zero-order chi connectivity index (χ0) is 18.7. The van der Waals surface area contributed by atoms with Gasteiger partial charge in [0.05, 0.1) is 5.56 Å². The molecule has 0 radical (unpaired) electrons. The van der Waals surface area contributed by atoms with Gasteiger partial charge < -0.3 is 20.1 Å². The Morgan fingerprint density at radius 2 is 1.69 bits per heavy atom. The minimum Gasteiger partial charge on any atom is -0.355 e. The second kappa shape index (κ2) is 7.36. The Labute approximate surface area is 153 Å². The molecule has 0 spiro atoms. The van der Waals surface area contributed by atoms with E-state index in [2.05, 4.69) is 15.2 Å². The zero-order valence-corrected chi connectivity index (χ0v) is 14.5. The van der Waals surface area contributed by atoms with Crippen molar-refractivity contribution in [3.8, 4) is 0 Å². The molecule has 9 heteroatoms. The van der Waals surface area contributed by atoms with Gasteiger partial charge in [0, 0.05) is 37.9 Å². The van der Waals surface area contributed by atoms with Gasteiger partial charge in [0.1, 0.15) is 5.82 Å². The molecule has 2 N–H and O–H groups in total. The fourth-order valence-corrected chi connectivity index (χ4v) is 3.02. The van der Waals surface area contributed by atoms with Crippen molar-refractivity contribution in [1.29, 1.82) is 0 Å². The van der Waals surface area contributed by atoms with Crippen LogP contribution in [0.5, 0.6) is 0 Å². The van der Waals surface area contributed by atoms with Crippen molar-refractivity contribution in [2.24, 2.45) is 0 Å². The third-order valence-electron chi connectivity index (χ3n) is 4.12. The average Bonchev–Trinajstić information content (AvgIpc) is 2.61. The van der Waals surface area contributed by atoms with Gasteiger partial charge in [-0.15, -0.1) is 0 Å². The van der Waals surface area contributed by atoms with Crippen molar-refractivity contribution in [3.05, 3.63) is 58.4 Å². The number of halogens is 3. The Bertz CT molecular complexity index is 827. The number of anilines is 2. The first-order valence-corrected chi connectivity index (χ1v) is 8.41. The van der Waals surface area contributed by atoms with Gasteiger partial charge in [0.15, 0.2) is 5.11 Å². The summed E-state index contributed by atoms with van der Waals surface area (Å²) in [7, 11) is 0. The van der Waals surface area contributed by atoms with Crippen LogP contribution in [0.3, 0.4) is 0 Å². The van der Waals surface area contributed by atoms with Crippen LogP contribution >= 0.6 is 12.2 Å². The van der Waals surface area contributed by atoms with E-state index in [1.54, 1.807) is 6.07 Å². The highest BCUT2D eigenvalue weighted by atomic mass is 32.1. The van der Waals surface area contributed by atoms with Crippen LogP contribution in [0.1, 0.15) is 5.56 Å². The van der Waals surface area contributed by atoms with Crippen LogP contribution in [0.15, 0.2) is 47.3 Å². The normalized spacial score (nSPS) is 15.0. The summed E-state index contributed by atoms with van der Waals surface area (Å²) in [4.78, 5) is 18.2. The molecule has 1 saturated heterocycles. The van der Waals surface area contributed by atoms with Gasteiger partial charge in [-0.2, -0.15) is 13.2 Å². The van der Waals surface area contributed by atoms with Crippen LogP contribution < -0.4 is 15.8 Å². The van der Waals surface area contributed by atoms with Gasteiger partial charge in [-0.05, 0) is 42.5 Å². The van der Waals surface area contributed by atoms with E-state index in [0.29, 0.717) is 37.0 Å². The lowest BCUT2D eigenvalue weighted by Crippen LogP contribution is -2.50. The van der Waals surface area contributed by atoms with Crippen molar-refractivity contribution in [3.63, 3.8) is 0 Å². The Balaban J connectivity index is 1.56. The van der Waals surface area contributed by atoms with Crippen molar-refractivity contribution < 1.29 is 13.2 Å². The molecule has 0 atom stereocenters. The average molecular weight is 382 g/mol. The van der Waals surface area contributed by atoms with Crippen LogP contribution in [-0.2, 0) is 6.18 Å². The number of hydrogen-bond acceptors (Lipinski definition) is 3. The number of nitrogens with zero attached hydrogens (tertiary/aromatic N) is 2. The van der Waals surface area contributed by atoms with E-state index in [1.807, 2.05) is 11.0 Å². The molecule has 138 valence electrons. The van der Waals surface area contributed by atoms with E-state index in [0.717, 1.165) is 18.0 Å². The number of hydrogen-bond donors (Lipinski definition) is 2.